The number of nitrogens with zero attached hydrogens (tertiary/aromatic N) is 3. The van der Waals surface area contributed by atoms with Gasteiger partial charge in [-0.3, -0.25) is 9.58 Å². The fourth-order valence-corrected chi connectivity index (χ4v) is 4.49. The Morgan fingerprint density at radius 3 is 2.38 bits per heavy atom. The molecule has 21 heavy (non-hydrogen) atoms. The van der Waals surface area contributed by atoms with Crippen LogP contribution in [0, 0.1) is 0 Å². The van der Waals surface area contributed by atoms with E-state index >= 15 is 0 Å². The molecule has 0 radical (unpaired) electrons. The van der Waals surface area contributed by atoms with Crippen LogP contribution in [0.1, 0.15) is 71.2 Å². The van der Waals surface area contributed by atoms with E-state index in [4.69, 9.17) is 5.73 Å². The van der Waals surface area contributed by atoms with Crippen LogP contribution in [0.25, 0.3) is 0 Å². The van der Waals surface area contributed by atoms with Gasteiger partial charge in [-0.2, -0.15) is 5.10 Å². The van der Waals surface area contributed by atoms with Gasteiger partial charge < -0.3 is 5.73 Å². The van der Waals surface area contributed by atoms with Crippen molar-refractivity contribution in [2.24, 2.45) is 5.73 Å². The molecule has 1 unspecified atom stereocenters. The Bertz CT molecular complexity index is 459. The average Bonchev–Trinajstić information content (AvgIpc) is 3.07. The molecule has 120 valence electrons. The summed E-state index contributed by atoms with van der Waals surface area (Å²) in [4.78, 5) is 2.56. The van der Waals surface area contributed by atoms with Crippen molar-refractivity contribution in [3.8, 4) is 0 Å². The summed E-state index contributed by atoms with van der Waals surface area (Å²) in [6.07, 6.45) is 6.81. The van der Waals surface area contributed by atoms with E-state index in [0.29, 0.717) is 6.04 Å². The lowest BCUT2D eigenvalue weighted by Gasteiger charge is -2.45. The first-order valence-corrected chi connectivity index (χ1v) is 9.00. The van der Waals surface area contributed by atoms with Crippen LogP contribution in [0.15, 0.2) is 10.7 Å². The van der Waals surface area contributed by atoms with Gasteiger partial charge in [0.25, 0.3) is 0 Å². The van der Waals surface area contributed by atoms with Crippen molar-refractivity contribution in [2.45, 2.75) is 71.0 Å². The third-order valence-corrected chi connectivity index (χ3v) is 5.62. The molecule has 4 nitrogen and oxygen atoms in total. The summed E-state index contributed by atoms with van der Waals surface area (Å²) in [6.45, 7) is 10.9. The maximum Gasteiger partial charge on any atom is 0.0715 e. The number of nitrogens with two attached hydrogens (primary N) is 1. The quantitative estimate of drug-likeness (QED) is 0.840. The normalized spacial score (nSPS) is 19.6. The van der Waals surface area contributed by atoms with Gasteiger partial charge in [0.15, 0.2) is 0 Å². The van der Waals surface area contributed by atoms with E-state index in [1.807, 2.05) is 6.20 Å². The van der Waals surface area contributed by atoms with Crippen LogP contribution in [0.4, 0.5) is 0 Å². The zero-order valence-electron chi connectivity index (χ0n) is 13.8. The van der Waals surface area contributed by atoms with Crippen molar-refractivity contribution in [3.05, 3.63) is 16.4 Å². The molecule has 1 atom stereocenters. The predicted octanol–water partition coefficient (Wildman–Crippen LogP) is 3.88. The van der Waals surface area contributed by atoms with Crippen LogP contribution in [0.5, 0.6) is 0 Å². The molecule has 0 aliphatic heterocycles. The Morgan fingerprint density at radius 1 is 1.33 bits per heavy atom. The summed E-state index contributed by atoms with van der Waals surface area (Å²) in [7, 11) is 0. The van der Waals surface area contributed by atoms with Crippen LogP contribution in [-0.4, -0.2) is 33.3 Å². The first-order valence-electron chi connectivity index (χ1n) is 8.21. The zero-order valence-corrected chi connectivity index (χ0v) is 15.4. The van der Waals surface area contributed by atoms with Crippen LogP contribution in [-0.2, 0) is 0 Å². The summed E-state index contributed by atoms with van der Waals surface area (Å²) in [6, 6.07) is 0.326. The molecule has 0 amide bonds. The molecule has 0 spiro atoms. The minimum absolute atomic E-state index is 0.000764. The third-order valence-electron chi connectivity index (χ3n) is 5.01. The maximum atomic E-state index is 6.84. The number of halogens is 1. The molecule has 1 fully saturated rings. The highest BCUT2D eigenvalue weighted by molar-refractivity contribution is 9.10. The smallest absolute Gasteiger partial charge is 0.0715 e. The summed E-state index contributed by atoms with van der Waals surface area (Å²) in [5.74, 6) is 0. The van der Waals surface area contributed by atoms with Crippen molar-refractivity contribution >= 4 is 15.9 Å². The largest absolute Gasteiger partial charge is 0.321 e. The molecular formula is C16H29BrN4. The highest BCUT2D eigenvalue weighted by Crippen LogP contribution is 2.45. The number of aromatic nitrogens is 2. The Labute approximate surface area is 137 Å². The molecule has 1 aromatic rings. The fourth-order valence-electron chi connectivity index (χ4n) is 3.97. The molecule has 5 heteroatoms. The second kappa shape index (κ2) is 6.80. The van der Waals surface area contributed by atoms with E-state index < -0.39 is 0 Å². The molecule has 1 aliphatic rings. The lowest BCUT2D eigenvalue weighted by atomic mass is 9.84. The molecule has 1 saturated carbocycles. The van der Waals surface area contributed by atoms with Crippen molar-refractivity contribution in [3.63, 3.8) is 0 Å². The molecule has 0 bridgehead atoms. The second-order valence-corrected chi connectivity index (χ2v) is 7.23. The Hall–Kier alpha value is -0.390. The molecule has 0 saturated heterocycles. The Balaban J connectivity index is 2.44. The molecule has 1 heterocycles. The van der Waals surface area contributed by atoms with Gasteiger partial charge >= 0.3 is 0 Å². The van der Waals surface area contributed by atoms with E-state index in [1.54, 1.807) is 0 Å². The molecule has 2 N–H and O–H groups in total. The number of rotatable bonds is 6. The van der Waals surface area contributed by atoms with Crippen LogP contribution in [0.2, 0.25) is 0 Å². The topological polar surface area (TPSA) is 47.1 Å². The van der Waals surface area contributed by atoms with E-state index in [0.717, 1.165) is 23.3 Å². The summed E-state index contributed by atoms with van der Waals surface area (Å²) < 4.78 is 3.13. The minimum atomic E-state index is -0.000764. The standard InChI is InChI=1S/C16H29BrN4/c1-5-20(6-2)16(9-7-8-10-16)15(18)14-13(17)11-19-21(14)12(3)4/h11-12,15H,5-10,18H2,1-4H3. The van der Waals surface area contributed by atoms with Crippen molar-refractivity contribution in [1.29, 1.82) is 0 Å². The number of hydrogen-bond acceptors (Lipinski definition) is 3. The van der Waals surface area contributed by atoms with Crippen LogP contribution in [0.3, 0.4) is 0 Å². The second-order valence-electron chi connectivity index (χ2n) is 6.38. The first kappa shape index (κ1) is 17.0. The van der Waals surface area contributed by atoms with Gasteiger partial charge in [0, 0.05) is 11.6 Å². The van der Waals surface area contributed by atoms with E-state index in [-0.39, 0.29) is 11.6 Å². The SMILES string of the molecule is CCN(CC)C1(C(N)c2c(Br)cnn2C(C)C)CCCC1. The predicted molar refractivity (Wildman–Crippen MR) is 91.4 cm³/mol. The average molecular weight is 357 g/mol. The molecular weight excluding hydrogens is 328 g/mol. The van der Waals surface area contributed by atoms with Gasteiger partial charge in [-0.1, -0.05) is 26.7 Å². The van der Waals surface area contributed by atoms with Crippen molar-refractivity contribution in [1.82, 2.24) is 14.7 Å². The lowest BCUT2D eigenvalue weighted by molar-refractivity contribution is 0.0733. The molecule has 2 rings (SSSR count). The molecule has 0 aromatic carbocycles. The van der Waals surface area contributed by atoms with Gasteiger partial charge in [0.2, 0.25) is 0 Å². The van der Waals surface area contributed by atoms with E-state index in [1.165, 1.54) is 25.7 Å². The van der Waals surface area contributed by atoms with Crippen molar-refractivity contribution in [2.75, 3.05) is 13.1 Å². The number of hydrogen-bond donors (Lipinski definition) is 1. The summed E-state index contributed by atoms with van der Waals surface area (Å²) in [5, 5.41) is 4.52. The van der Waals surface area contributed by atoms with E-state index in [2.05, 4.69) is 58.3 Å². The monoisotopic (exact) mass is 356 g/mol. The maximum absolute atomic E-state index is 6.84. The fraction of sp³-hybridized carbons (Fsp3) is 0.812. The summed E-state index contributed by atoms with van der Waals surface area (Å²) >= 11 is 3.67. The van der Waals surface area contributed by atoms with Gasteiger partial charge in [0.05, 0.1) is 22.4 Å². The van der Waals surface area contributed by atoms with Gasteiger partial charge in [0.1, 0.15) is 0 Å². The molecule has 1 aliphatic carbocycles. The molecule has 1 aromatic heterocycles. The van der Waals surface area contributed by atoms with Crippen LogP contribution < -0.4 is 5.73 Å². The van der Waals surface area contributed by atoms with Gasteiger partial charge in [-0.25, -0.2) is 0 Å². The lowest BCUT2D eigenvalue weighted by Crippen LogP contribution is -2.54. The third kappa shape index (κ3) is 2.92. The first-order chi connectivity index (χ1) is 9.97. The highest BCUT2D eigenvalue weighted by atomic mass is 79.9. The highest BCUT2D eigenvalue weighted by Gasteiger charge is 2.45. The van der Waals surface area contributed by atoms with Crippen LogP contribution >= 0.6 is 15.9 Å². The van der Waals surface area contributed by atoms with Gasteiger partial charge in [-0.15, -0.1) is 0 Å². The van der Waals surface area contributed by atoms with Crippen molar-refractivity contribution < 1.29 is 0 Å². The van der Waals surface area contributed by atoms with Gasteiger partial charge in [-0.05, 0) is 55.7 Å². The number of likely N-dealkylation sites (N-methyl/N-ethyl adjacent to an activating group) is 1. The Kier molecular flexibility index (Phi) is 5.49. The zero-order chi connectivity index (χ0) is 15.6. The Morgan fingerprint density at radius 2 is 1.90 bits per heavy atom. The van der Waals surface area contributed by atoms with E-state index in [9.17, 15) is 0 Å². The minimum Gasteiger partial charge on any atom is -0.321 e. The summed E-state index contributed by atoms with van der Waals surface area (Å²) in [5.41, 5.74) is 8.07.